The molecule has 6 nitrogen and oxygen atoms in total. The number of nitrogens with zero attached hydrogens (tertiary/aromatic N) is 2. The number of piperidine rings is 1. The van der Waals surface area contributed by atoms with Crippen LogP contribution in [0.3, 0.4) is 0 Å². The Balaban J connectivity index is 1.49. The lowest BCUT2D eigenvalue weighted by Crippen LogP contribution is -2.48. The highest BCUT2D eigenvalue weighted by Crippen LogP contribution is 2.35. The van der Waals surface area contributed by atoms with Crippen LogP contribution in [0, 0.1) is 0 Å². The standard InChI is InChI=1S/C20H24N2O4/c1-14-5-10-26-20(12-14)6-8-22(9-7-20)19(24)15-3-4-17-16(11-15)21(2)18(23)13-25-17/h3-4,11-12H,5-10,13H2,1-2H3. The van der Waals surface area contributed by atoms with Gasteiger partial charge in [-0.3, -0.25) is 9.59 Å². The largest absolute Gasteiger partial charge is 0.482 e. The number of carbonyl (C=O) groups excluding carboxylic acids is 2. The van der Waals surface area contributed by atoms with Gasteiger partial charge in [-0.2, -0.15) is 0 Å². The molecule has 1 aromatic rings. The molecular weight excluding hydrogens is 332 g/mol. The summed E-state index contributed by atoms with van der Waals surface area (Å²) < 4.78 is 11.5. The van der Waals surface area contributed by atoms with Gasteiger partial charge in [-0.1, -0.05) is 11.6 Å². The van der Waals surface area contributed by atoms with Gasteiger partial charge in [-0.25, -0.2) is 0 Å². The van der Waals surface area contributed by atoms with Gasteiger partial charge in [-0.15, -0.1) is 0 Å². The predicted octanol–water partition coefficient (Wildman–Crippen LogP) is 2.38. The molecule has 1 aromatic carbocycles. The van der Waals surface area contributed by atoms with Crippen LogP contribution in [0.5, 0.6) is 5.75 Å². The molecule has 1 saturated heterocycles. The maximum atomic E-state index is 12.9. The van der Waals surface area contributed by atoms with Crippen molar-refractivity contribution in [1.29, 1.82) is 0 Å². The number of anilines is 1. The van der Waals surface area contributed by atoms with Crippen molar-refractivity contribution >= 4 is 17.5 Å². The molecule has 0 aliphatic carbocycles. The quantitative estimate of drug-likeness (QED) is 0.725. The molecule has 138 valence electrons. The first-order chi connectivity index (χ1) is 12.5. The fourth-order valence-corrected chi connectivity index (χ4v) is 3.94. The van der Waals surface area contributed by atoms with Gasteiger partial charge < -0.3 is 19.3 Å². The number of amides is 2. The van der Waals surface area contributed by atoms with Gasteiger partial charge in [0.25, 0.3) is 11.8 Å². The normalized spacial score (nSPS) is 21.9. The third-order valence-corrected chi connectivity index (χ3v) is 5.58. The van der Waals surface area contributed by atoms with Gasteiger partial charge in [0, 0.05) is 25.7 Å². The number of hydrogen-bond acceptors (Lipinski definition) is 4. The van der Waals surface area contributed by atoms with Crippen LogP contribution in [0.4, 0.5) is 5.69 Å². The van der Waals surface area contributed by atoms with E-state index in [1.807, 2.05) is 4.90 Å². The molecule has 26 heavy (non-hydrogen) atoms. The Labute approximate surface area is 153 Å². The van der Waals surface area contributed by atoms with Crippen LogP contribution in [-0.4, -0.2) is 55.7 Å². The molecule has 0 unspecified atom stereocenters. The smallest absolute Gasteiger partial charge is 0.264 e. The van der Waals surface area contributed by atoms with E-state index in [2.05, 4.69) is 13.0 Å². The van der Waals surface area contributed by atoms with Crippen LogP contribution in [0.15, 0.2) is 29.8 Å². The summed E-state index contributed by atoms with van der Waals surface area (Å²) in [5, 5.41) is 0. The highest BCUT2D eigenvalue weighted by Gasteiger charge is 2.37. The van der Waals surface area contributed by atoms with Crippen LogP contribution >= 0.6 is 0 Å². The van der Waals surface area contributed by atoms with Gasteiger partial charge >= 0.3 is 0 Å². The molecule has 0 N–H and O–H groups in total. The van der Waals surface area contributed by atoms with Gasteiger partial charge in [0.1, 0.15) is 5.75 Å². The number of likely N-dealkylation sites (N-methyl/N-ethyl adjacent to an activating group) is 1. The average Bonchev–Trinajstić information content (AvgIpc) is 2.65. The Hall–Kier alpha value is -2.34. The van der Waals surface area contributed by atoms with E-state index in [4.69, 9.17) is 9.47 Å². The van der Waals surface area contributed by atoms with Crippen LogP contribution in [0.2, 0.25) is 0 Å². The molecule has 0 aromatic heterocycles. The van der Waals surface area contributed by atoms with E-state index in [-0.39, 0.29) is 24.0 Å². The number of fused-ring (bicyclic) bond motifs is 1. The first kappa shape index (κ1) is 17.1. The maximum Gasteiger partial charge on any atom is 0.264 e. The SMILES string of the molecule is CC1=CC2(CCN(C(=O)c3ccc4c(c3)N(C)C(=O)CO4)CC2)OCC1. The Kier molecular flexibility index (Phi) is 4.23. The third kappa shape index (κ3) is 2.98. The number of benzene rings is 1. The minimum Gasteiger partial charge on any atom is -0.482 e. The van der Waals surface area contributed by atoms with E-state index in [0.717, 1.165) is 25.9 Å². The predicted molar refractivity (Wildman–Crippen MR) is 97.5 cm³/mol. The summed E-state index contributed by atoms with van der Waals surface area (Å²) in [5.74, 6) is 0.515. The monoisotopic (exact) mass is 356 g/mol. The van der Waals surface area contributed by atoms with E-state index >= 15 is 0 Å². The number of rotatable bonds is 1. The van der Waals surface area contributed by atoms with Crippen LogP contribution in [-0.2, 0) is 9.53 Å². The molecule has 1 spiro atoms. The van der Waals surface area contributed by atoms with Gasteiger partial charge in [0.05, 0.1) is 17.9 Å². The second kappa shape index (κ2) is 6.43. The topological polar surface area (TPSA) is 59.1 Å². The first-order valence-electron chi connectivity index (χ1n) is 9.12. The molecule has 3 aliphatic rings. The van der Waals surface area contributed by atoms with Gasteiger partial charge in [-0.05, 0) is 44.4 Å². The van der Waals surface area contributed by atoms with E-state index in [9.17, 15) is 9.59 Å². The van der Waals surface area contributed by atoms with E-state index in [1.165, 1.54) is 5.57 Å². The number of hydrogen-bond donors (Lipinski definition) is 0. The fraction of sp³-hybridized carbons (Fsp3) is 0.500. The summed E-state index contributed by atoms with van der Waals surface area (Å²) in [6, 6.07) is 5.30. The fourth-order valence-electron chi connectivity index (χ4n) is 3.94. The van der Waals surface area contributed by atoms with E-state index in [1.54, 1.807) is 30.1 Å². The summed E-state index contributed by atoms with van der Waals surface area (Å²) in [4.78, 5) is 28.2. The molecule has 3 aliphatic heterocycles. The highest BCUT2D eigenvalue weighted by atomic mass is 16.5. The Morgan fingerprint density at radius 1 is 1.23 bits per heavy atom. The summed E-state index contributed by atoms with van der Waals surface area (Å²) in [5.41, 5.74) is 2.41. The Morgan fingerprint density at radius 2 is 2.00 bits per heavy atom. The van der Waals surface area contributed by atoms with E-state index < -0.39 is 0 Å². The highest BCUT2D eigenvalue weighted by molar-refractivity contribution is 6.01. The third-order valence-electron chi connectivity index (χ3n) is 5.58. The molecule has 4 rings (SSSR count). The summed E-state index contributed by atoms with van der Waals surface area (Å²) in [6.07, 6.45) is 4.88. The molecule has 0 bridgehead atoms. The zero-order valence-electron chi connectivity index (χ0n) is 15.3. The zero-order chi connectivity index (χ0) is 18.3. The van der Waals surface area contributed by atoms with Crippen LogP contribution < -0.4 is 9.64 Å². The van der Waals surface area contributed by atoms with Crippen LogP contribution in [0.1, 0.15) is 36.5 Å². The minimum atomic E-state index is -0.199. The molecule has 6 heteroatoms. The van der Waals surface area contributed by atoms with Crippen molar-refractivity contribution in [3.8, 4) is 5.75 Å². The summed E-state index contributed by atoms with van der Waals surface area (Å²) in [7, 11) is 1.71. The Bertz CT molecular complexity index is 778. The first-order valence-corrected chi connectivity index (χ1v) is 9.12. The van der Waals surface area contributed by atoms with Crippen molar-refractivity contribution in [2.45, 2.75) is 31.8 Å². The van der Waals surface area contributed by atoms with Crippen molar-refractivity contribution in [2.75, 3.05) is 38.3 Å². The summed E-state index contributed by atoms with van der Waals surface area (Å²) in [6.45, 7) is 4.30. The molecule has 2 amide bonds. The number of carbonyl (C=O) groups is 2. The summed E-state index contributed by atoms with van der Waals surface area (Å²) >= 11 is 0. The van der Waals surface area contributed by atoms with Crippen molar-refractivity contribution < 1.29 is 19.1 Å². The van der Waals surface area contributed by atoms with Crippen molar-refractivity contribution in [2.24, 2.45) is 0 Å². The van der Waals surface area contributed by atoms with Crippen molar-refractivity contribution in [3.63, 3.8) is 0 Å². The minimum absolute atomic E-state index is 0.00872. The lowest BCUT2D eigenvalue weighted by atomic mass is 9.87. The van der Waals surface area contributed by atoms with Crippen molar-refractivity contribution in [3.05, 3.63) is 35.4 Å². The lowest BCUT2D eigenvalue weighted by Gasteiger charge is -2.42. The lowest BCUT2D eigenvalue weighted by molar-refractivity contribution is -0.121. The molecular formula is C20H24N2O4. The van der Waals surface area contributed by atoms with Crippen molar-refractivity contribution in [1.82, 2.24) is 4.90 Å². The van der Waals surface area contributed by atoms with Gasteiger partial charge in [0.15, 0.2) is 6.61 Å². The number of ether oxygens (including phenoxy) is 2. The average molecular weight is 356 g/mol. The molecule has 0 atom stereocenters. The molecule has 0 radical (unpaired) electrons. The second-order valence-electron chi connectivity index (χ2n) is 7.37. The van der Waals surface area contributed by atoms with E-state index in [0.29, 0.717) is 30.1 Å². The second-order valence-corrected chi connectivity index (χ2v) is 7.37. The zero-order valence-corrected chi connectivity index (χ0v) is 15.3. The molecule has 0 saturated carbocycles. The molecule has 1 fully saturated rings. The Morgan fingerprint density at radius 3 is 2.73 bits per heavy atom. The van der Waals surface area contributed by atoms with Crippen LogP contribution in [0.25, 0.3) is 0 Å². The van der Waals surface area contributed by atoms with Gasteiger partial charge in [0.2, 0.25) is 0 Å². The maximum absolute atomic E-state index is 12.9. The number of likely N-dealkylation sites (tertiary alicyclic amines) is 1. The molecule has 3 heterocycles.